The average Bonchev–Trinajstić information content (AvgIpc) is 2.54. The highest BCUT2D eigenvalue weighted by molar-refractivity contribution is 5.83. The van der Waals surface area contributed by atoms with E-state index in [2.05, 4.69) is 24.5 Å². The lowest BCUT2D eigenvalue weighted by atomic mass is 10.0. The Kier molecular flexibility index (Phi) is 9.08. The first-order valence-electron chi connectivity index (χ1n) is 8.68. The minimum absolute atomic E-state index is 0.0734. The maximum atomic E-state index is 12.5. The quantitative estimate of drug-likeness (QED) is 0.644. The van der Waals surface area contributed by atoms with Gasteiger partial charge in [0.1, 0.15) is 6.04 Å². The van der Waals surface area contributed by atoms with E-state index < -0.39 is 12.1 Å². The van der Waals surface area contributed by atoms with Gasteiger partial charge in [0, 0.05) is 6.54 Å². The monoisotopic (exact) mass is 334 g/mol. The van der Waals surface area contributed by atoms with Crippen LogP contribution in [-0.2, 0) is 20.7 Å². The third-order valence-corrected chi connectivity index (χ3v) is 3.67. The fourth-order valence-corrected chi connectivity index (χ4v) is 2.46. The van der Waals surface area contributed by atoms with E-state index in [4.69, 9.17) is 4.74 Å². The van der Waals surface area contributed by atoms with Crippen molar-refractivity contribution in [3.05, 3.63) is 35.9 Å². The van der Waals surface area contributed by atoms with Crippen molar-refractivity contribution in [2.75, 3.05) is 13.2 Å². The first-order valence-corrected chi connectivity index (χ1v) is 8.68. The number of hydrogen-bond acceptors (Lipinski definition) is 4. The van der Waals surface area contributed by atoms with Crippen molar-refractivity contribution in [2.24, 2.45) is 5.92 Å². The van der Waals surface area contributed by atoms with Gasteiger partial charge in [-0.2, -0.15) is 0 Å². The molecule has 1 aromatic carbocycles. The van der Waals surface area contributed by atoms with Crippen LogP contribution >= 0.6 is 0 Å². The molecule has 0 saturated heterocycles. The number of esters is 1. The smallest absolute Gasteiger partial charge is 0.322 e. The number of hydrogen-bond donors (Lipinski definition) is 2. The standard InChI is InChI=1S/C19H30N2O3/c1-5-24-19(23)15(4)21-17(13-14(2)3)18(22)20-12-11-16-9-7-6-8-10-16/h6-10,14-15,17,21H,5,11-13H2,1-4H3,(H,20,22)/t15-,17+/m1/s1. The van der Waals surface area contributed by atoms with Crippen molar-refractivity contribution in [1.29, 1.82) is 0 Å². The number of ether oxygens (including phenoxy) is 1. The summed E-state index contributed by atoms with van der Waals surface area (Å²) in [6, 6.07) is 9.12. The minimum atomic E-state index is -0.506. The molecule has 0 spiro atoms. The summed E-state index contributed by atoms with van der Waals surface area (Å²) in [6.07, 6.45) is 1.45. The SMILES string of the molecule is CCOC(=O)[C@@H](C)N[C@@H](CC(C)C)C(=O)NCCc1ccccc1. The van der Waals surface area contributed by atoms with Crippen LogP contribution in [0.5, 0.6) is 0 Å². The third kappa shape index (κ3) is 7.59. The number of rotatable bonds is 10. The maximum Gasteiger partial charge on any atom is 0.322 e. The lowest BCUT2D eigenvalue weighted by molar-refractivity contribution is -0.145. The lowest BCUT2D eigenvalue weighted by Gasteiger charge is -2.23. The van der Waals surface area contributed by atoms with Crippen LogP contribution in [0.2, 0.25) is 0 Å². The van der Waals surface area contributed by atoms with Crippen molar-refractivity contribution >= 4 is 11.9 Å². The molecule has 0 aliphatic heterocycles. The molecule has 0 unspecified atom stereocenters. The highest BCUT2D eigenvalue weighted by atomic mass is 16.5. The van der Waals surface area contributed by atoms with Gasteiger partial charge in [-0.3, -0.25) is 14.9 Å². The van der Waals surface area contributed by atoms with E-state index in [0.29, 0.717) is 25.5 Å². The predicted molar refractivity (Wildman–Crippen MR) is 95.6 cm³/mol. The van der Waals surface area contributed by atoms with Crippen LogP contribution in [0.25, 0.3) is 0 Å². The van der Waals surface area contributed by atoms with Crippen LogP contribution in [-0.4, -0.2) is 37.1 Å². The normalized spacial score (nSPS) is 13.4. The summed E-state index contributed by atoms with van der Waals surface area (Å²) in [5, 5.41) is 6.05. The zero-order valence-corrected chi connectivity index (χ0v) is 15.2. The number of amides is 1. The van der Waals surface area contributed by atoms with E-state index in [1.165, 1.54) is 5.56 Å². The van der Waals surface area contributed by atoms with Crippen LogP contribution in [0, 0.1) is 5.92 Å². The van der Waals surface area contributed by atoms with Gasteiger partial charge in [0.25, 0.3) is 0 Å². The molecule has 2 atom stereocenters. The Hall–Kier alpha value is -1.88. The number of carbonyl (C=O) groups is 2. The molecule has 0 aliphatic carbocycles. The largest absolute Gasteiger partial charge is 0.465 e. The highest BCUT2D eigenvalue weighted by Crippen LogP contribution is 2.07. The highest BCUT2D eigenvalue weighted by Gasteiger charge is 2.24. The van der Waals surface area contributed by atoms with Crippen LogP contribution in [0.3, 0.4) is 0 Å². The van der Waals surface area contributed by atoms with Gasteiger partial charge in [-0.1, -0.05) is 44.2 Å². The molecule has 0 aromatic heterocycles. The van der Waals surface area contributed by atoms with E-state index >= 15 is 0 Å². The molecule has 0 saturated carbocycles. The molecule has 0 heterocycles. The fourth-order valence-electron chi connectivity index (χ4n) is 2.46. The maximum absolute atomic E-state index is 12.5. The van der Waals surface area contributed by atoms with E-state index in [-0.39, 0.29) is 11.9 Å². The Bertz CT molecular complexity index is 503. The number of carbonyl (C=O) groups excluding carboxylic acids is 2. The Morgan fingerprint density at radius 1 is 1.12 bits per heavy atom. The number of nitrogens with one attached hydrogen (secondary N) is 2. The molecule has 1 rings (SSSR count). The summed E-state index contributed by atoms with van der Waals surface area (Å²) in [7, 11) is 0. The lowest BCUT2D eigenvalue weighted by Crippen LogP contribution is -2.51. The van der Waals surface area contributed by atoms with Crippen LogP contribution in [0.15, 0.2) is 30.3 Å². The number of benzene rings is 1. The van der Waals surface area contributed by atoms with E-state index in [9.17, 15) is 9.59 Å². The molecule has 0 aliphatic rings. The Labute approximate surface area is 145 Å². The molecule has 1 amide bonds. The topological polar surface area (TPSA) is 67.4 Å². The van der Waals surface area contributed by atoms with Crippen LogP contribution < -0.4 is 10.6 Å². The Balaban J connectivity index is 2.52. The zero-order chi connectivity index (χ0) is 17.9. The molecular formula is C19H30N2O3. The molecule has 2 N–H and O–H groups in total. The average molecular weight is 334 g/mol. The fraction of sp³-hybridized carbons (Fsp3) is 0.579. The van der Waals surface area contributed by atoms with E-state index in [1.54, 1.807) is 13.8 Å². The second kappa shape index (κ2) is 10.8. The van der Waals surface area contributed by atoms with Gasteiger partial charge < -0.3 is 10.1 Å². The van der Waals surface area contributed by atoms with Gasteiger partial charge >= 0.3 is 5.97 Å². The zero-order valence-electron chi connectivity index (χ0n) is 15.2. The third-order valence-electron chi connectivity index (χ3n) is 3.67. The molecule has 5 heteroatoms. The first-order chi connectivity index (χ1) is 11.4. The van der Waals surface area contributed by atoms with Gasteiger partial charge in [-0.25, -0.2) is 0 Å². The van der Waals surface area contributed by atoms with Gasteiger partial charge in [-0.15, -0.1) is 0 Å². The van der Waals surface area contributed by atoms with Gasteiger partial charge in [0.15, 0.2) is 0 Å². The summed E-state index contributed by atoms with van der Waals surface area (Å²) in [4.78, 5) is 24.2. The van der Waals surface area contributed by atoms with Gasteiger partial charge in [-0.05, 0) is 38.2 Å². The molecule has 0 fully saturated rings. The van der Waals surface area contributed by atoms with Crippen molar-refractivity contribution in [2.45, 2.75) is 52.6 Å². The van der Waals surface area contributed by atoms with E-state index in [1.807, 2.05) is 30.3 Å². The van der Waals surface area contributed by atoms with Crippen LogP contribution in [0.4, 0.5) is 0 Å². The molecule has 0 radical (unpaired) electrons. The van der Waals surface area contributed by atoms with Crippen molar-refractivity contribution in [3.8, 4) is 0 Å². The van der Waals surface area contributed by atoms with Crippen molar-refractivity contribution in [3.63, 3.8) is 0 Å². The second-order valence-electron chi connectivity index (χ2n) is 6.35. The predicted octanol–water partition coefficient (Wildman–Crippen LogP) is 2.30. The molecule has 0 bridgehead atoms. The van der Waals surface area contributed by atoms with Crippen molar-refractivity contribution < 1.29 is 14.3 Å². The Morgan fingerprint density at radius 3 is 2.38 bits per heavy atom. The summed E-state index contributed by atoms with van der Waals surface area (Å²) >= 11 is 0. The first kappa shape index (κ1) is 20.2. The van der Waals surface area contributed by atoms with Crippen LogP contribution in [0.1, 0.15) is 39.7 Å². The molecule has 24 heavy (non-hydrogen) atoms. The van der Waals surface area contributed by atoms with Gasteiger partial charge in [0.2, 0.25) is 5.91 Å². The summed E-state index contributed by atoms with van der Waals surface area (Å²) in [5.41, 5.74) is 1.19. The molecule has 5 nitrogen and oxygen atoms in total. The second-order valence-corrected chi connectivity index (χ2v) is 6.35. The summed E-state index contributed by atoms with van der Waals surface area (Å²) in [6.45, 7) is 8.52. The molecule has 134 valence electrons. The minimum Gasteiger partial charge on any atom is -0.465 e. The summed E-state index contributed by atoms with van der Waals surface area (Å²) in [5.74, 6) is -0.0594. The molecular weight excluding hydrogens is 304 g/mol. The van der Waals surface area contributed by atoms with E-state index in [0.717, 1.165) is 6.42 Å². The Morgan fingerprint density at radius 2 is 1.79 bits per heavy atom. The summed E-state index contributed by atoms with van der Waals surface area (Å²) < 4.78 is 5.00. The van der Waals surface area contributed by atoms with Crippen molar-refractivity contribution in [1.82, 2.24) is 10.6 Å². The molecule has 1 aromatic rings. The van der Waals surface area contributed by atoms with Gasteiger partial charge in [0.05, 0.1) is 12.6 Å².